The molecule has 0 atom stereocenters. The third-order valence-corrected chi connectivity index (χ3v) is 9.45. The van der Waals surface area contributed by atoms with Crippen molar-refractivity contribution in [2.75, 3.05) is 0 Å². The van der Waals surface area contributed by atoms with Crippen LogP contribution in [-0.4, -0.2) is 33.1 Å². The second-order valence-corrected chi connectivity index (χ2v) is 20.5. The molecule has 33 heavy (non-hydrogen) atoms. The number of carboxylic acids is 2. The van der Waals surface area contributed by atoms with Crippen LogP contribution in [0.1, 0.15) is 145 Å². The predicted octanol–water partition coefficient (Wildman–Crippen LogP) is 6.41. The summed E-state index contributed by atoms with van der Waals surface area (Å²) in [5.41, 5.74) is -0.113. The number of aliphatic carboxylic acids is 2. The second kappa shape index (κ2) is 19.8. The van der Waals surface area contributed by atoms with Gasteiger partial charge in [-0.1, -0.05) is 78.1 Å². The third kappa shape index (κ3) is 24.4. The molecule has 0 rings (SSSR count). The summed E-state index contributed by atoms with van der Waals surface area (Å²) in [7, 11) is 0. The molecule has 0 unspecified atom stereocenters. The molecule has 0 spiro atoms. The summed E-state index contributed by atoms with van der Waals surface area (Å²) in [6.07, 6.45) is 12.9. The van der Waals surface area contributed by atoms with Gasteiger partial charge in [-0.15, -0.1) is 0 Å². The summed E-state index contributed by atoms with van der Waals surface area (Å²) in [5.74, 6) is -2.71. The molecule has 5 heteroatoms. The van der Waals surface area contributed by atoms with Crippen molar-refractivity contribution in [3.8, 4) is 0 Å². The van der Waals surface area contributed by atoms with Gasteiger partial charge in [0.25, 0.3) is 0 Å². The van der Waals surface area contributed by atoms with Crippen LogP contribution in [0.4, 0.5) is 0 Å². The van der Waals surface area contributed by atoms with Crippen LogP contribution in [-0.2, 0) is 9.59 Å². The Morgan fingerprint density at radius 2 is 0.818 bits per heavy atom. The van der Waals surface area contributed by atoms with E-state index >= 15 is 0 Å². The molecule has 0 aromatic carbocycles. The quantitative estimate of drug-likeness (QED) is 0.122. The molecule has 0 fully saturated rings. The Labute approximate surface area is 215 Å². The van der Waals surface area contributed by atoms with Crippen LogP contribution in [0.3, 0.4) is 0 Å². The molecular formula is C28H52O4Sn. The summed E-state index contributed by atoms with van der Waals surface area (Å²) >= 11 is -0.182. The van der Waals surface area contributed by atoms with Gasteiger partial charge in [0.05, 0.1) is 11.9 Å². The van der Waals surface area contributed by atoms with E-state index in [-0.39, 0.29) is 45.1 Å². The van der Waals surface area contributed by atoms with E-state index in [4.69, 9.17) is 0 Å². The van der Waals surface area contributed by atoms with Crippen molar-refractivity contribution in [3.05, 3.63) is 11.1 Å². The Balaban J connectivity index is 0. The van der Waals surface area contributed by atoms with Gasteiger partial charge >= 0.3 is 69.5 Å². The SMILES string of the molecule is CCCCCCCCC(C(=O)[O-])=C(CCCCCCCC)C(=O)[O-].C[C](C)(C)[Sn+2][C](C)(C)C. The zero-order valence-corrected chi connectivity index (χ0v) is 25.9. The van der Waals surface area contributed by atoms with Gasteiger partial charge in [0.15, 0.2) is 0 Å². The number of unbranched alkanes of at least 4 members (excludes halogenated alkanes) is 10. The van der Waals surface area contributed by atoms with E-state index in [0.717, 1.165) is 51.4 Å². The van der Waals surface area contributed by atoms with E-state index < -0.39 is 11.9 Å². The Kier molecular flexibility index (Phi) is 20.7. The topological polar surface area (TPSA) is 80.3 Å². The van der Waals surface area contributed by atoms with Crippen LogP contribution in [0, 0.1) is 0 Å². The average Bonchev–Trinajstić information content (AvgIpc) is 2.65. The molecule has 0 radical (unpaired) electrons. The summed E-state index contributed by atoms with van der Waals surface area (Å²) in [4.78, 5) is 22.7. The van der Waals surface area contributed by atoms with Gasteiger partial charge in [0.2, 0.25) is 0 Å². The molecule has 0 aliphatic rings. The van der Waals surface area contributed by atoms with E-state index in [1.807, 2.05) is 0 Å². The normalized spacial score (nSPS) is 12.4. The van der Waals surface area contributed by atoms with Gasteiger partial charge in [-0.3, -0.25) is 0 Å². The second-order valence-electron chi connectivity index (χ2n) is 11.2. The van der Waals surface area contributed by atoms with Gasteiger partial charge in [0.1, 0.15) is 0 Å². The maximum atomic E-state index is 11.3. The summed E-state index contributed by atoms with van der Waals surface area (Å²) in [5, 5.41) is 22.7. The number of hydrogen-bond acceptors (Lipinski definition) is 4. The monoisotopic (exact) mass is 572 g/mol. The average molecular weight is 571 g/mol. The van der Waals surface area contributed by atoms with Crippen molar-refractivity contribution in [3.63, 3.8) is 0 Å². The van der Waals surface area contributed by atoms with Crippen molar-refractivity contribution in [1.82, 2.24) is 0 Å². The van der Waals surface area contributed by atoms with Crippen LogP contribution in [0.2, 0.25) is 6.86 Å². The fourth-order valence-electron chi connectivity index (χ4n) is 4.04. The number of carbonyl (C=O) groups excluding carboxylic acids is 2. The van der Waals surface area contributed by atoms with E-state index in [2.05, 4.69) is 55.4 Å². The van der Waals surface area contributed by atoms with Crippen molar-refractivity contribution in [1.29, 1.82) is 0 Å². The third-order valence-electron chi connectivity index (χ3n) is 5.17. The number of rotatable bonds is 16. The first-order chi connectivity index (χ1) is 15.2. The molecule has 0 aromatic heterocycles. The van der Waals surface area contributed by atoms with Crippen LogP contribution >= 0.6 is 0 Å². The number of carbonyl (C=O) groups is 2. The molecule has 4 nitrogen and oxygen atoms in total. The van der Waals surface area contributed by atoms with E-state index in [0.29, 0.717) is 19.7 Å². The van der Waals surface area contributed by atoms with Crippen molar-refractivity contribution >= 4 is 33.1 Å². The first-order valence-electron chi connectivity index (χ1n) is 13.2. The molecule has 0 N–H and O–H groups in total. The Morgan fingerprint density at radius 1 is 0.545 bits per heavy atom. The van der Waals surface area contributed by atoms with Crippen molar-refractivity contribution in [2.24, 2.45) is 0 Å². The van der Waals surface area contributed by atoms with E-state index in [1.165, 1.54) is 12.8 Å². The van der Waals surface area contributed by atoms with Crippen molar-refractivity contribution < 1.29 is 19.8 Å². The molecule has 0 saturated heterocycles. The molecule has 0 aliphatic heterocycles. The summed E-state index contributed by atoms with van der Waals surface area (Å²) in [6, 6.07) is 0. The Hall–Kier alpha value is -0.521. The molecule has 0 saturated carbocycles. The number of carboxylic acid groups (broad SMARTS) is 2. The molecule has 0 amide bonds. The Bertz CT molecular complexity index is 505. The molecule has 0 aromatic rings. The van der Waals surface area contributed by atoms with Gasteiger partial charge in [-0.2, -0.15) is 0 Å². The van der Waals surface area contributed by atoms with Crippen LogP contribution in [0.5, 0.6) is 0 Å². The van der Waals surface area contributed by atoms with Crippen LogP contribution < -0.4 is 10.2 Å². The first-order valence-corrected chi connectivity index (χ1v) is 16.0. The first kappa shape index (κ1) is 34.6. The van der Waals surface area contributed by atoms with Gasteiger partial charge < -0.3 is 19.8 Å². The predicted molar refractivity (Wildman–Crippen MR) is 138 cm³/mol. The summed E-state index contributed by atoms with van der Waals surface area (Å²) < 4.78 is 1.31. The Morgan fingerprint density at radius 3 is 1.03 bits per heavy atom. The zero-order chi connectivity index (χ0) is 25.9. The van der Waals surface area contributed by atoms with Gasteiger partial charge in [0, 0.05) is 0 Å². The fourth-order valence-corrected chi connectivity index (χ4v) is 10.5. The molecule has 0 bridgehead atoms. The fraction of sp³-hybridized carbons (Fsp3) is 0.857. The van der Waals surface area contributed by atoms with Crippen LogP contribution in [0.25, 0.3) is 0 Å². The van der Waals surface area contributed by atoms with Crippen LogP contribution in [0.15, 0.2) is 11.1 Å². The summed E-state index contributed by atoms with van der Waals surface area (Å²) in [6.45, 7) is 18.5. The molecule has 0 heterocycles. The minimum atomic E-state index is -1.35. The maximum absolute atomic E-state index is 11.3. The van der Waals surface area contributed by atoms with Gasteiger partial charge in [-0.05, 0) is 36.8 Å². The zero-order valence-electron chi connectivity index (χ0n) is 23.0. The van der Waals surface area contributed by atoms with E-state index in [9.17, 15) is 19.8 Å². The van der Waals surface area contributed by atoms with E-state index in [1.54, 1.807) is 0 Å². The molecular weight excluding hydrogens is 519 g/mol. The van der Waals surface area contributed by atoms with Crippen molar-refractivity contribution in [2.45, 2.75) is 152 Å². The van der Waals surface area contributed by atoms with Gasteiger partial charge in [-0.25, -0.2) is 0 Å². The standard InChI is InChI=1S/C20H36O4.2C4H9.Sn/c1-3-5-7-9-11-13-15-17(19(21)22)18(20(23)24)16-14-12-10-8-6-4-2;2*1-4(2)3;/h3-16H2,1-2H3,(H,21,22)(H,23,24);2*1-3H3;/q;;;+2/p-2. The number of hydrogen-bond donors (Lipinski definition) is 0. The molecule has 0 aliphatic carbocycles. The minimum absolute atomic E-state index is 0.0564. The molecule has 192 valence electrons.